The zero-order valence-corrected chi connectivity index (χ0v) is 28.3. The quantitative estimate of drug-likeness (QED) is 0.108. The number of rotatable bonds is 12. The molecule has 14 heteroatoms. The van der Waals surface area contributed by atoms with Gasteiger partial charge in [-0.05, 0) is 74.5 Å². The molecule has 0 radical (unpaired) electrons. The average Bonchev–Trinajstić information content (AvgIpc) is 3.46. The van der Waals surface area contributed by atoms with Gasteiger partial charge in [-0.25, -0.2) is 9.18 Å². The van der Waals surface area contributed by atoms with Crippen LogP contribution in [0.25, 0.3) is 0 Å². The number of anilines is 1. The molecule has 1 aliphatic heterocycles. The van der Waals surface area contributed by atoms with E-state index in [2.05, 4.69) is 10.6 Å². The molecule has 0 amide bonds. The van der Waals surface area contributed by atoms with E-state index in [0.717, 1.165) is 33.0 Å². The normalized spacial score (nSPS) is 19.2. The summed E-state index contributed by atoms with van der Waals surface area (Å²) in [4.78, 5) is 40.0. The summed E-state index contributed by atoms with van der Waals surface area (Å²) in [6, 6.07) is 18.2. The van der Waals surface area contributed by atoms with Crippen LogP contribution in [0.1, 0.15) is 72.5 Å². The average molecular weight is 729 g/mol. The molecular weight excluding hydrogens is 692 g/mol. The van der Waals surface area contributed by atoms with Gasteiger partial charge >= 0.3 is 17.8 Å². The van der Waals surface area contributed by atoms with Crippen molar-refractivity contribution in [3.05, 3.63) is 132 Å². The summed E-state index contributed by atoms with van der Waals surface area (Å²) in [6.45, 7) is -0.958. The van der Waals surface area contributed by atoms with E-state index in [1.807, 2.05) is 12.1 Å². The number of alkyl halides is 3. The van der Waals surface area contributed by atoms with Gasteiger partial charge in [0.2, 0.25) is 0 Å². The summed E-state index contributed by atoms with van der Waals surface area (Å²) in [5.41, 5.74) is -2.72. The van der Waals surface area contributed by atoms with Crippen LogP contribution in [0.5, 0.6) is 0 Å². The maximum absolute atomic E-state index is 15.2. The Labute approximate surface area is 295 Å². The highest BCUT2D eigenvalue weighted by Gasteiger charge is 2.47. The number of carboxylic acids is 1. The van der Waals surface area contributed by atoms with Gasteiger partial charge in [0, 0.05) is 28.7 Å². The topological polar surface area (TPSA) is 115 Å². The van der Waals surface area contributed by atoms with Gasteiger partial charge in [-0.1, -0.05) is 54.1 Å². The molecule has 2 heterocycles. The molecular formula is C37H37ClF4N4O5. The van der Waals surface area contributed by atoms with Gasteiger partial charge in [-0.15, -0.1) is 0 Å². The molecule has 3 N–H and O–H groups in total. The molecule has 3 aromatic carbocycles. The van der Waals surface area contributed by atoms with Gasteiger partial charge in [0.25, 0.3) is 5.56 Å². The van der Waals surface area contributed by atoms with Crippen molar-refractivity contribution >= 4 is 23.3 Å². The molecule has 9 nitrogen and oxygen atoms in total. The molecule has 270 valence electrons. The first-order valence-corrected chi connectivity index (χ1v) is 17.1. The first-order valence-electron chi connectivity index (χ1n) is 16.7. The summed E-state index contributed by atoms with van der Waals surface area (Å²) >= 11 is 6.16. The minimum Gasteiger partial charge on any atom is -0.481 e. The SMILES string of the molecule is O=C(O)CCCN[C@@H](Cn1c(=O)c2c(n(Cc3c(F)cccc3C(F)(F)F)c1=O)COC21CCC(Nc2cccc(Cl)c2)CC1)c1ccccc1. The molecule has 0 saturated heterocycles. The Morgan fingerprint density at radius 1 is 1.02 bits per heavy atom. The predicted molar refractivity (Wildman–Crippen MR) is 183 cm³/mol. The van der Waals surface area contributed by atoms with Crippen molar-refractivity contribution in [1.29, 1.82) is 0 Å². The molecule has 4 aromatic rings. The van der Waals surface area contributed by atoms with E-state index in [1.54, 1.807) is 42.5 Å². The fourth-order valence-electron chi connectivity index (χ4n) is 7.20. The minimum atomic E-state index is -4.90. The number of hydrogen-bond acceptors (Lipinski definition) is 6. The van der Waals surface area contributed by atoms with Gasteiger partial charge in [-0.3, -0.25) is 18.7 Å². The Morgan fingerprint density at radius 2 is 1.75 bits per heavy atom. The van der Waals surface area contributed by atoms with Crippen LogP contribution < -0.4 is 21.9 Å². The van der Waals surface area contributed by atoms with E-state index < -0.39 is 58.5 Å². The van der Waals surface area contributed by atoms with Crippen LogP contribution in [0.3, 0.4) is 0 Å². The minimum absolute atomic E-state index is 0.0140. The number of fused-ring (bicyclic) bond motifs is 2. The van der Waals surface area contributed by atoms with Gasteiger partial charge in [-0.2, -0.15) is 13.2 Å². The number of aromatic nitrogens is 2. The second-order valence-electron chi connectivity index (χ2n) is 13.0. The smallest absolute Gasteiger partial charge is 0.416 e. The lowest BCUT2D eigenvalue weighted by Gasteiger charge is -2.37. The Bertz CT molecular complexity index is 2010. The number of benzene rings is 3. The molecule has 1 atom stereocenters. The first-order chi connectivity index (χ1) is 24.4. The van der Waals surface area contributed by atoms with Crippen LogP contribution in [0, 0.1) is 5.82 Å². The van der Waals surface area contributed by atoms with Crippen molar-refractivity contribution in [2.75, 3.05) is 11.9 Å². The zero-order valence-electron chi connectivity index (χ0n) is 27.5. The van der Waals surface area contributed by atoms with Crippen molar-refractivity contribution in [2.45, 2.75) is 82.1 Å². The monoisotopic (exact) mass is 728 g/mol. The van der Waals surface area contributed by atoms with Crippen LogP contribution in [-0.2, 0) is 41.0 Å². The molecule has 2 aliphatic rings. The van der Waals surface area contributed by atoms with Crippen molar-refractivity contribution in [2.24, 2.45) is 0 Å². The second kappa shape index (κ2) is 15.0. The molecule has 0 unspecified atom stereocenters. The Morgan fingerprint density at radius 3 is 2.43 bits per heavy atom. The number of carboxylic acid groups (broad SMARTS) is 1. The number of carbonyl (C=O) groups is 1. The van der Waals surface area contributed by atoms with Gasteiger partial charge in [0.1, 0.15) is 11.4 Å². The zero-order chi connectivity index (χ0) is 36.3. The van der Waals surface area contributed by atoms with Gasteiger partial charge < -0.3 is 20.5 Å². The van der Waals surface area contributed by atoms with E-state index >= 15 is 4.39 Å². The van der Waals surface area contributed by atoms with Crippen LogP contribution >= 0.6 is 11.6 Å². The fraction of sp³-hybridized carbons (Fsp3) is 0.378. The van der Waals surface area contributed by atoms with E-state index in [4.69, 9.17) is 21.4 Å². The second-order valence-corrected chi connectivity index (χ2v) is 13.4. The van der Waals surface area contributed by atoms with Crippen molar-refractivity contribution < 1.29 is 32.2 Å². The lowest BCUT2D eigenvalue weighted by atomic mass is 9.78. The molecule has 1 aliphatic carbocycles. The lowest BCUT2D eigenvalue weighted by Crippen LogP contribution is -2.48. The third kappa shape index (κ3) is 7.90. The summed E-state index contributed by atoms with van der Waals surface area (Å²) < 4.78 is 65.9. The Balaban J connectivity index is 1.42. The molecule has 1 saturated carbocycles. The van der Waals surface area contributed by atoms with Crippen LogP contribution in [0.15, 0.2) is 82.4 Å². The van der Waals surface area contributed by atoms with Crippen molar-refractivity contribution in [1.82, 2.24) is 14.5 Å². The molecule has 6 rings (SSSR count). The number of hydrogen-bond donors (Lipinski definition) is 3. The third-order valence-corrected chi connectivity index (χ3v) is 9.97. The number of halogens is 5. The van der Waals surface area contributed by atoms with Crippen LogP contribution in [0.2, 0.25) is 5.02 Å². The van der Waals surface area contributed by atoms with E-state index in [0.29, 0.717) is 36.3 Å². The summed E-state index contributed by atoms with van der Waals surface area (Å²) in [7, 11) is 0. The van der Waals surface area contributed by atoms with E-state index in [9.17, 15) is 27.6 Å². The number of nitrogens with one attached hydrogen (secondary N) is 2. The first kappa shape index (κ1) is 36.3. The van der Waals surface area contributed by atoms with Gasteiger partial charge in [0.05, 0.1) is 42.6 Å². The highest BCUT2D eigenvalue weighted by atomic mass is 35.5. The summed E-state index contributed by atoms with van der Waals surface area (Å²) in [5, 5.41) is 16.4. The van der Waals surface area contributed by atoms with E-state index in [1.165, 1.54) is 0 Å². The highest BCUT2D eigenvalue weighted by molar-refractivity contribution is 6.30. The van der Waals surface area contributed by atoms with Crippen LogP contribution in [-0.4, -0.2) is 32.8 Å². The lowest BCUT2D eigenvalue weighted by molar-refractivity contribution is -0.138. The largest absolute Gasteiger partial charge is 0.481 e. The third-order valence-electron chi connectivity index (χ3n) is 9.73. The van der Waals surface area contributed by atoms with E-state index in [-0.39, 0.29) is 49.8 Å². The Hall–Kier alpha value is -4.46. The highest BCUT2D eigenvalue weighted by Crippen LogP contribution is 2.46. The molecule has 51 heavy (non-hydrogen) atoms. The predicted octanol–water partition coefficient (Wildman–Crippen LogP) is 6.85. The molecule has 1 spiro atoms. The fourth-order valence-corrected chi connectivity index (χ4v) is 7.39. The van der Waals surface area contributed by atoms with Crippen LogP contribution in [0.4, 0.5) is 23.2 Å². The molecule has 1 aromatic heterocycles. The number of nitrogens with zero attached hydrogens (tertiary/aromatic N) is 2. The van der Waals surface area contributed by atoms with Gasteiger partial charge in [0.15, 0.2) is 0 Å². The number of ether oxygens (including phenoxy) is 1. The van der Waals surface area contributed by atoms with Crippen molar-refractivity contribution in [3.63, 3.8) is 0 Å². The van der Waals surface area contributed by atoms with Crippen molar-refractivity contribution in [3.8, 4) is 0 Å². The maximum atomic E-state index is 15.2. The molecule has 1 fully saturated rings. The standard InChI is InChI=1S/C37H37ClF4N4O5/c38-24-9-4-10-26(19-24)44-25-14-16-36(17-15-25)33-31(22-51-36)45(20-27-28(37(40,41)42)11-5-12-29(27)39)35(50)46(34(33)49)21-30(23-7-2-1-3-8-23)43-18-6-13-32(47)48/h1-5,7-12,19,25,30,43-44H,6,13-18,20-22H2,(H,47,48)/t25?,30-,36?/m0/s1. The Kier molecular flexibility index (Phi) is 10.7. The molecule has 0 bridgehead atoms. The summed E-state index contributed by atoms with van der Waals surface area (Å²) in [5.74, 6) is -2.10. The number of aliphatic carboxylic acids is 1. The summed E-state index contributed by atoms with van der Waals surface area (Å²) in [6.07, 6.45) is -2.80. The maximum Gasteiger partial charge on any atom is 0.416 e.